The summed E-state index contributed by atoms with van der Waals surface area (Å²) in [5, 5.41) is 5.61. The van der Waals surface area contributed by atoms with E-state index >= 15 is 0 Å². The van der Waals surface area contributed by atoms with E-state index in [2.05, 4.69) is 27.7 Å². The van der Waals surface area contributed by atoms with Gasteiger partial charge in [0, 0.05) is 31.1 Å². The van der Waals surface area contributed by atoms with Gasteiger partial charge in [-0.15, -0.1) is 35.3 Å². The standard InChI is InChI=1S/C17H27N3O2S2.HI/c21-24(22)12-7-15(14-24)13-19-17(20-9-2-1-3-10-20)18-8-6-16-5-4-11-23-16;/h4-5,11,15H,1-3,6-10,12-14H2,(H,18,19);1H. The average Bonchev–Trinajstić information content (AvgIpc) is 3.21. The average molecular weight is 497 g/mol. The molecule has 0 spiro atoms. The molecule has 142 valence electrons. The number of aliphatic imine (C=N–C) groups is 1. The van der Waals surface area contributed by atoms with Crippen molar-refractivity contribution < 1.29 is 8.42 Å². The second-order valence-electron chi connectivity index (χ2n) is 6.74. The van der Waals surface area contributed by atoms with Crippen LogP contribution in [0.25, 0.3) is 0 Å². The number of rotatable bonds is 5. The van der Waals surface area contributed by atoms with Crippen LogP contribution in [-0.2, 0) is 16.3 Å². The van der Waals surface area contributed by atoms with E-state index < -0.39 is 9.84 Å². The SMILES string of the molecule is I.O=S1(=O)CCC(CN=C(NCCc2cccs2)N2CCCCC2)C1. The Labute approximate surface area is 172 Å². The highest BCUT2D eigenvalue weighted by atomic mass is 127. The molecule has 0 bridgehead atoms. The van der Waals surface area contributed by atoms with Crippen LogP contribution in [0, 0.1) is 5.92 Å². The zero-order valence-corrected chi connectivity index (χ0v) is 18.5. The minimum Gasteiger partial charge on any atom is -0.356 e. The first-order valence-corrected chi connectivity index (χ1v) is 11.6. The molecular weight excluding hydrogens is 469 g/mol. The molecule has 2 saturated heterocycles. The van der Waals surface area contributed by atoms with Crippen molar-refractivity contribution in [2.45, 2.75) is 32.1 Å². The molecule has 3 rings (SSSR count). The monoisotopic (exact) mass is 497 g/mol. The number of hydrogen-bond acceptors (Lipinski definition) is 4. The summed E-state index contributed by atoms with van der Waals surface area (Å²) in [6, 6.07) is 4.24. The second-order valence-corrected chi connectivity index (χ2v) is 10.00. The van der Waals surface area contributed by atoms with Crippen molar-refractivity contribution in [3.63, 3.8) is 0 Å². The summed E-state index contributed by atoms with van der Waals surface area (Å²) in [7, 11) is -2.82. The lowest BCUT2D eigenvalue weighted by molar-refractivity contribution is 0.330. The first-order chi connectivity index (χ1) is 11.6. The van der Waals surface area contributed by atoms with Crippen LogP contribution in [0.2, 0.25) is 0 Å². The van der Waals surface area contributed by atoms with Gasteiger partial charge in [-0.25, -0.2) is 8.42 Å². The fourth-order valence-corrected chi connectivity index (χ4v) is 5.92. The van der Waals surface area contributed by atoms with Gasteiger partial charge >= 0.3 is 0 Å². The van der Waals surface area contributed by atoms with Gasteiger partial charge in [0.1, 0.15) is 0 Å². The van der Waals surface area contributed by atoms with E-state index in [-0.39, 0.29) is 29.9 Å². The van der Waals surface area contributed by atoms with Crippen LogP contribution in [-0.4, -0.2) is 57.0 Å². The molecule has 3 heterocycles. The van der Waals surface area contributed by atoms with Crippen molar-refractivity contribution in [1.82, 2.24) is 10.2 Å². The molecule has 5 nitrogen and oxygen atoms in total. The minimum absolute atomic E-state index is 0. The van der Waals surface area contributed by atoms with E-state index in [4.69, 9.17) is 4.99 Å². The van der Waals surface area contributed by atoms with Gasteiger partial charge in [-0.3, -0.25) is 4.99 Å². The van der Waals surface area contributed by atoms with E-state index in [0.717, 1.165) is 38.4 Å². The maximum absolute atomic E-state index is 11.6. The number of likely N-dealkylation sites (tertiary alicyclic amines) is 1. The number of halogens is 1. The van der Waals surface area contributed by atoms with Crippen LogP contribution in [0.5, 0.6) is 0 Å². The van der Waals surface area contributed by atoms with Crippen molar-refractivity contribution in [1.29, 1.82) is 0 Å². The second kappa shape index (κ2) is 10.1. The Bertz CT molecular complexity index is 641. The molecule has 1 N–H and O–H groups in total. The number of guanidine groups is 1. The Morgan fingerprint density at radius 2 is 2.12 bits per heavy atom. The lowest BCUT2D eigenvalue weighted by Gasteiger charge is -2.30. The highest BCUT2D eigenvalue weighted by Crippen LogP contribution is 2.19. The third kappa shape index (κ3) is 6.71. The fourth-order valence-electron chi connectivity index (χ4n) is 3.36. The summed E-state index contributed by atoms with van der Waals surface area (Å²) in [5.74, 6) is 1.79. The summed E-state index contributed by atoms with van der Waals surface area (Å²) < 4.78 is 23.2. The largest absolute Gasteiger partial charge is 0.356 e. The van der Waals surface area contributed by atoms with Crippen molar-refractivity contribution >= 4 is 51.1 Å². The quantitative estimate of drug-likeness (QED) is 0.386. The van der Waals surface area contributed by atoms with Crippen LogP contribution in [0.3, 0.4) is 0 Å². The molecule has 1 atom stereocenters. The zero-order valence-electron chi connectivity index (χ0n) is 14.5. The Kier molecular flexibility index (Phi) is 8.47. The number of piperidine rings is 1. The summed E-state index contributed by atoms with van der Waals surface area (Å²) >= 11 is 1.78. The summed E-state index contributed by atoms with van der Waals surface area (Å²) in [5.41, 5.74) is 0. The third-order valence-corrected chi connectivity index (χ3v) is 7.49. The highest BCUT2D eigenvalue weighted by Gasteiger charge is 2.27. The number of sulfone groups is 1. The van der Waals surface area contributed by atoms with Gasteiger partial charge < -0.3 is 10.2 Å². The van der Waals surface area contributed by atoms with Crippen LogP contribution in [0.15, 0.2) is 22.5 Å². The van der Waals surface area contributed by atoms with Gasteiger partial charge in [-0.1, -0.05) is 6.07 Å². The molecule has 2 fully saturated rings. The molecule has 1 aromatic heterocycles. The predicted octanol–water partition coefficient (Wildman–Crippen LogP) is 2.77. The number of hydrogen-bond donors (Lipinski definition) is 1. The van der Waals surface area contributed by atoms with Crippen LogP contribution < -0.4 is 5.32 Å². The molecule has 0 radical (unpaired) electrons. The molecule has 1 unspecified atom stereocenters. The Balaban J connectivity index is 0.00000225. The first-order valence-electron chi connectivity index (χ1n) is 8.88. The normalized spacial score (nSPS) is 23.3. The van der Waals surface area contributed by atoms with Crippen molar-refractivity contribution in [3.8, 4) is 0 Å². The van der Waals surface area contributed by atoms with Gasteiger partial charge in [0.25, 0.3) is 0 Å². The predicted molar refractivity (Wildman–Crippen MR) is 116 cm³/mol. The molecule has 0 amide bonds. The number of nitrogens with one attached hydrogen (secondary N) is 1. The van der Waals surface area contributed by atoms with Crippen LogP contribution >= 0.6 is 35.3 Å². The van der Waals surface area contributed by atoms with Crippen molar-refractivity contribution in [2.75, 3.05) is 37.7 Å². The maximum Gasteiger partial charge on any atom is 0.193 e. The van der Waals surface area contributed by atoms with Gasteiger partial charge in [-0.2, -0.15) is 0 Å². The molecule has 0 aliphatic carbocycles. The summed E-state index contributed by atoms with van der Waals surface area (Å²) in [6.07, 6.45) is 5.48. The van der Waals surface area contributed by atoms with E-state index in [1.165, 1.54) is 24.1 Å². The number of nitrogens with zero attached hydrogens (tertiary/aromatic N) is 2. The third-order valence-electron chi connectivity index (χ3n) is 4.72. The van der Waals surface area contributed by atoms with Gasteiger partial charge in [-0.05, 0) is 49.5 Å². The van der Waals surface area contributed by atoms with Gasteiger partial charge in [0.05, 0.1) is 11.5 Å². The molecule has 25 heavy (non-hydrogen) atoms. The Hall–Kier alpha value is -0.350. The number of thiophene rings is 1. The molecule has 2 aliphatic rings. The molecular formula is C17H28IN3O2S2. The first kappa shape index (κ1) is 21.0. The smallest absolute Gasteiger partial charge is 0.193 e. The minimum atomic E-state index is -2.82. The maximum atomic E-state index is 11.6. The molecule has 0 saturated carbocycles. The van der Waals surface area contributed by atoms with E-state index in [1.807, 2.05) is 0 Å². The van der Waals surface area contributed by atoms with Gasteiger partial charge in [0.2, 0.25) is 0 Å². The Morgan fingerprint density at radius 1 is 1.32 bits per heavy atom. The topological polar surface area (TPSA) is 61.8 Å². The molecule has 8 heteroatoms. The van der Waals surface area contributed by atoms with E-state index in [1.54, 1.807) is 11.3 Å². The van der Waals surface area contributed by atoms with E-state index in [9.17, 15) is 8.42 Å². The van der Waals surface area contributed by atoms with Gasteiger partial charge in [0.15, 0.2) is 15.8 Å². The summed E-state index contributed by atoms with van der Waals surface area (Å²) in [6.45, 7) is 3.59. The van der Waals surface area contributed by atoms with Crippen molar-refractivity contribution in [3.05, 3.63) is 22.4 Å². The van der Waals surface area contributed by atoms with Crippen molar-refractivity contribution in [2.24, 2.45) is 10.9 Å². The lowest BCUT2D eigenvalue weighted by atomic mass is 10.1. The highest BCUT2D eigenvalue weighted by molar-refractivity contribution is 14.0. The van der Waals surface area contributed by atoms with Crippen LogP contribution in [0.1, 0.15) is 30.6 Å². The van der Waals surface area contributed by atoms with Crippen LogP contribution in [0.4, 0.5) is 0 Å². The fraction of sp³-hybridized carbons (Fsp3) is 0.706. The lowest BCUT2D eigenvalue weighted by Crippen LogP contribution is -2.45. The summed E-state index contributed by atoms with van der Waals surface area (Å²) in [4.78, 5) is 8.50. The molecule has 2 aliphatic heterocycles. The Morgan fingerprint density at radius 3 is 2.76 bits per heavy atom. The molecule has 0 aromatic carbocycles. The van der Waals surface area contributed by atoms with E-state index in [0.29, 0.717) is 18.1 Å². The molecule has 1 aromatic rings. The zero-order chi connectivity index (χ0) is 16.8.